The molecule has 0 atom stereocenters. The molecule has 0 bridgehead atoms. The van der Waals surface area contributed by atoms with Gasteiger partial charge in [0.2, 0.25) is 0 Å². The Morgan fingerprint density at radius 3 is 2.38 bits per heavy atom. The molecular formula is C8H5F4NO3. The van der Waals surface area contributed by atoms with Crippen LogP contribution in [0.5, 0.6) is 5.75 Å². The lowest BCUT2D eigenvalue weighted by Crippen LogP contribution is -2.18. The highest BCUT2D eigenvalue weighted by atomic mass is 19.4. The van der Waals surface area contributed by atoms with E-state index in [-0.39, 0.29) is 0 Å². The zero-order valence-corrected chi connectivity index (χ0v) is 7.51. The quantitative estimate of drug-likeness (QED) is 0.611. The van der Waals surface area contributed by atoms with Crippen LogP contribution in [0.15, 0.2) is 12.1 Å². The average molecular weight is 239 g/mol. The maximum absolute atomic E-state index is 13.0. The van der Waals surface area contributed by atoms with Crippen molar-refractivity contribution in [1.29, 1.82) is 0 Å². The Labute approximate surface area is 86.2 Å². The SMILES string of the molecule is Nc1cc(C(=O)O)cc(OC(F)(F)F)c1F. The standard InChI is InChI=1S/C8H5F4NO3/c9-6-4(13)1-3(7(14)15)2-5(6)16-8(10,11)12/h1-2H,13H2,(H,14,15). The summed E-state index contributed by atoms with van der Waals surface area (Å²) in [7, 11) is 0. The summed E-state index contributed by atoms with van der Waals surface area (Å²) in [4.78, 5) is 10.5. The van der Waals surface area contributed by atoms with Crippen LogP contribution in [0.3, 0.4) is 0 Å². The van der Waals surface area contributed by atoms with Gasteiger partial charge in [0, 0.05) is 0 Å². The predicted molar refractivity (Wildman–Crippen MR) is 44.5 cm³/mol. The molecule has 0 unspecified atom stereocenters. The molecule has 1 aromatic carbocycles. The van der Waals surface area contributed by atoms with Gasteiger partial charge in [-0.05, 0) is 12.1 Å². The van der Waals surface area contributed by atoms with E-state index in [2.05, 4.69) is 4.74 Å². The van der Waals surface area contributed by atoms with E-state index in [0.29, 0.717) is 12.1 Å². The molecule has 1 aromatic rings. The summed E-state index contributed by atoms with van der Waals surface area (Å²) in [5, 5.41) is 8.51. The van der Waals surface area contributed by atoms with Crippen LogP contribution in [-0.4, -0.2) is 17.4 Å². The van der Waals surface area contributed by atoms with E-state index in [1.807, 2.05) is 0 Å². The van der Waals surface area contributed by atoms with Crippen molar-refractivity contribution in [3.63, 3.8) is 0 Å². The van der Waals surface area contributed by atoms with Crippen molar-refractivity contribution in [2.45, 2.75) is 6.36 Å². The normalized spacial score (nSPS) is 11.2. The third kappa shape index (κ3) is 2.75. The molecule has 0 saturated carbocycles. The van der Waals surface area contributed by atoms with Gasteiger partial charge in [-0.25, -0.2) is 9.18 Å². The second kappa shape index (κ2) is 3.87. The zero-order valence-electron chi connectivity index (χ0n) is 7.51. The third-order valence-corrected chi connectivity index (χ3v) is 1.54. The highest BCUT2D eigenvalue weighted by Gasteiger charge is 2.33. The zero-order chi connectivity index (χ0) is 12.5. The summed E-state index contributed by atoms with van der Waals surface area (Å²) in [5.41, 5.74) is 3.66. The fraction of sp³-hybridized carbons (Fsp3) is 0.125. The number of anilines is 1. The molecule has 8 heteroatoms. The number of nitrogens with two attached hydrogens (primary N) is 1. The Hall–Kier alpha value is -1.99. The van der Waals surface area contributed by atoms with Gasteiger partial charge in [0.05, 0.1) is 11.3 Å². The van der Waals surface area contributed by atoms with Crippen LogP contribution in [0.4, 0.5) is 23.2 Å². The van der Waals surface area contributed by atoms with Crippen molar-refractivity contribution in [1.82, 2.24) is 0 Å². The minimum Gasteiger partial charge on any atom is -0.478 e. The number of ether oxygens (including phenoxy) is 1. The van der Waals surface area contributed by atoms with Gasteiger partial charge in [0.25, 0.3) is 0 Å². The first-order valence-electron chi connectivity index (χ1n) is 3.79. The minimum atomic E-state index is -5.12. The molecule has 0 aliphatic carbocycles. The summed E-state index contributed by atoms with van der Waals surface area (Å²) in [6.45, 7) is 0. The van der Waals surface area contributed by atoms with Crippen LogP contribution in [0.1, 0.15) is 10.4 Å². The van der Waals surface area contributed by atoms with Gasteiger partial charge in [-0.3, -0.25) is 0 Å². The van der Waals surface area contributed by atoms with Crippen LogP contribution in [0, 0.1) is 5.82 Å². The number of carbonyl (C=O) groups is 1. The first-order valence-corrected chi connectivity index (χ1v) is 3.79. The van der Waals surface area contributed by atoms with Crippen molar-refractivity contribution in [2.24, 2.45) is 0 Å². The molecule has 0 fully saturated rings. The fourth-order valence-electron chi connectivity index (χ4n) is 0.942. The molecule has 0 radical (unpaired) electrons. The van der Waals surface area contributed by atoms with E-state index < -0.39 is 35.1 Å². The van der Waals surface area contributed by atoms with E-state index in [0.717, 1.165) is 0 Å². The molecule has 0 spiro atoms. The van der Waals surface area contributed by atoms with E-state index >= 15 is 0 Å². The smallest absolute Gasteiger partial charge is 0.478 e. The number of rotatable bonds is 2. The van der Waals surface area contributed by atoms with E-state index in [9.17, 15) is 22.4 Å². The molecular weight excluding hydrogens is 234 g/mol. The van der Waals surface area contributed by atoms with Crippen LogP contribution in [-0.2, 0) is 0 Å². The Morgan fingerprint density at radius 1 is 1.38 bits per heavy atom. The van der Waals surface area contributed by atoms with Gasteiger partial charge in [-0.1, -0.05) is 0 Å². The van der Waals surface area contributed by atoms with Crippen molar-refractivity contribution in [3.8, 4) is 5.75 Å². The van der Waals surface area contributed by atoms with E-state index in [1.54, 1.807) is 0 Å². The molecule has 0 aromatic heterocycles. The van der Waals surface area contributed by atoms with Crippen LogP contribution in [0.2, 0.25) is 0 Å². The second-order valence-corrected chi connectivity index (χ2v) is 2.73. The summed E-state index contributed by atoms with van der Waals surface area (Å²) >= 11 is 0. The van der Waals surface area contributed by atoms with Crippen molar-refractivity contribution < 1.29 is 32.2 Å². The van der Waals surface area contributed by atoms with Gasteiger partial charge >= 0.3 is 12.3 Å². The van der Waals surface area contributed by atoms with Crippen LogP contribution < -0.4 is 10.5 Å². The summed E-state index contributed by atoms with van der Waals surface area (Å²) in [6, 6.07) is 1.10. The van der Waals surface area contributed by atoms with E-state index in [4.69, 9.17) is 10.8 Å². The first-order chi connectivity index (χ1) is 7.20. The van der Waals surface area contributed by atoms with Gasteiger partial charge in [0.15, 0.2) is 11.6 Å². The number of halogens is 4. The summed E-state index contributed by atoms with van der Waals surface area (Å²) in [6.07, 6.45) is -5.12. The van der Waals surface area contributed by atoms with E-state index in [1.165, 1.54) is 0 Å². The summed E-state index contributed by atoms with van der Waals surface area (Å²) in [5.74, 6) is -4.27. The lowest BCUT2D eigenvalue weighted by Gasteiger charge is -2.11. The molecule has 0 saturated heterocycles. The minimum absolute atomic E-state index is 0.404. The number of aromatic carboxylic acids is 1. The molecule has 1 rings (SSSR count). The van der Waals surface area contributed by atoms with Crippen LogP contribution in [0.25, 0.3) is 0 Å². The number of hydrogen-bond acceptors (Lipinski definition) is 3. The maximum atomic E-state index is 13.0. The van der Waals surface area contributed by atoms with Crippen LogP contribution >= 0.6 is 0 Å². The molecule has 16 heavy (non-hydrogen) atoms. The number of nitrogen functional groups attached to an aromatic ring is 1. The number of hydrogen-bond donors (Lipinski definition) is 2. The molecule has 0 heterocycles. The van der Waals surface area contributed by atoms with Gasteiger partial charge in [-0.2, -0.15) is 0 Å². The lowest BCUT2D eigenvalue weighted by molar-refractivity contribution is -0.275. The summed E-state index contributed by atoms with van der Waals surface area (Å²) < 4.78 is 51.7. The Balaban J connectivity index is 3.22. The predicted octanol–water partition coefficient (Wildman–Crippen LogP) is 2.00. The third-order valence-electron chi connectivity index (χ3n) is 1.54. The maximum Gasteiger partial charge on any atom is 0.573 e. The monoisotopic (exact) mass is 239 g/mol. The molecule has 0 aliphatic heterocycles. The molecule has 0 aliphatic rings. The fourth-order valence-corrected chi connectivity index (χ4v) is 0.942. The Bertz CT molecular complexity index is 430. The van der Waals surface area contributed by atoms with Crippen molar-refractivity contribution in [2.75, 3.05) is 5.73 Å². The Kier molecular flexibility index (Phi) is 2.92. The van der Waals surface area contributed by atoms with Crippen molar-refractivity contribution in [3.05, 3.63) is 23.5 Å². The first kappa shape index (κ1) is 12.1. The molecule has 88 valence electrons. The van der Waals surface area contributed by atoms with Gasteiger partial charge in [-0.15, -0.1) is 13.2 Å². The topological polar surface area (TPSA) is 72.6 Å². The number of carboxylic acids is 1. The average Bonchev–Trinajstić information content (AvgIpc) is 2.10. The molecule has 0 amide bonds. The van der Waals surface area contributed by atoms with Gasteiger partial charge in [0.1, 0.15) is 0 Å². The number of benzene rings is 1. The largest absolute Gasteiger partial charge is 0.573 e. The highest BCUT2D eigenvalue weighted by molar-refractivity contribution is 5.89. The second-order valence-electron chi connectivity index (χ2n) is 2.73. The number of carboxylic acid groups (broad SMARTS) is 1. The molecule has 3 N–H and O–H groups in total. The highest BCUT2D eigenvalue weighted by Crippen LogP contribution is 2.29. The lowest BCUT2D eigenvalue weighted by atomic mass is 10.2. The number of alkyl halides is 3. The molecule has 4 nitrogen and oxygen atoms in total. The van der Waals surface area contributed by atoms with Gasteiger partial charge < -0.3 is 15.6 Å². The van der Waals surface area contributed by atoms with Crippen molar-refractivity contribution >= 4 is 11.7 Å². The Morgan fingerprint density at radius 2 is 1.94 bits per heavy atom.